The molecule has 0 amide bonds. The second kappa shape index (κ2) is 6.64. The average molecular weight is 369 g/mol. The van der Waals surface area contributed by atoms with Crippen molar-refractivity contribution in [2.75, 3.05) is 11.1 Å². The number of rotatable bonds is 3. The largest absolute Gasteiger partial charge is 0.508 e. The summed E-state index contributed by atoms with van der Waals surface area (Å²) < 4.78 is 0. The molecule has 0 unspecified atom stereocenters. The van der Waals surface area contributed by atoms with Crippen molar-refractivity contribution in [2.24, 2.45) is 0 Å². The number of benzene rings is 1. The number of Topliss-reactive ketones (excluding diaryl/α,β-unsaturated/α-hetero) is 1. The van der Waals surface area contributed by atoms with Crippen molar-refractivity contribution in [3.05, 3.63) is 57.0 Å². The predicted octanol–water partition coefficient (Wildman–Crippen LogP) is 3.15. The number of carbonyl (C=O) groups is 1. The Balaban J connectivity index is 1.94. The lowest BCUT2D eigenvalue weighted by molar-refractivity contribution is -0.116. The first kappa shape index (κ1) is 16.9. The van der Waals surface area contributed by atoms with Crippen molar-refractivity contribution >= 4 is 23.4 Å². The van der Waals surface area contributed by atoms with E-state index in [1.165, 1.54) is 11.8 Å². The van der Waals surface area contributed by atoms with E-state index in [0.717, 1.165) is 29.9 Å². The van der Waals surface area contributed by atoms with Crippen LogP contribution in [0.2, 0.25) is 0 Å². The number of carbonyl (C=O) groups excluding carboxylic acids is 1. The van der Waals surface area contributed by atoms with E-state index >= 15 is 0 Å². The Hall–Kier alpha value is -2.54. The lowest BCUT2D eigenvalue weighted by Crippen LogP contribution is -2.32. The second-order valence-electron chi connectivity index (χ2n) is 6.38. The highest BCUT2D eigenvalue weighted by Gasteiger charge is 2.37. The summed E-state index contributed by atoms with van der Waals surface area (Å²) in [4.78, 5) is 33.0. The van der Waals surface area contributed by atoms with Crippen LogP contribution >= 0.6 is 11.8 Å². The Morgan fingerprint density at radius 2 is 2.00 bits per heavy atom. The zero-order valence-corrected chi connectivity index (χ0v) is 15.2. The Kier molecular flexibility index (Phi) is 4.32. The van der Waals surface area contributed by atoms with E-state index < -0.39 is 5.92 Å². The van der Waals surface area contributed by atoms with Crippen LogP contribution in [0, 0.1) is 0 Å². The highest BCUT2D eigenvalue weighted by atomic mass is 32.2. The van der Waals surface area contributed by atoms with Gasteiger partial charge in [0, 0.05) is 23.6 Å². The minimum atomic E-state index is -0.466. The number of H-pyrrole nitrogens is 1. The maximum absolute atomic E-state index is 12.9. The van der Waals surface area contributed by atoms with Crippen LogP contribution in [0.1, 0.15) is 43.2 Å². The number of ketones is 1. The number of anilines is 1. The number of nitrogens with zero attached hydrogens (tertiary/aromatic N) is 1. The molecule has 1 aromatic carbocycles. The Morgan fingerprint density at radius 3 is 2.73 bits per heavy atom. The van der Waals surface area contributed by atoms with Crippen molar-refractivity contribution in [3.8, 4) is 5.75 Å². The molecule has 6 nitrogen and oxygen atoms in total. The van der Waals surface area contributed by atoms with E-state index in [0.29, 0.717) is 28.5 Å². The zero-order chi connectivity index (χ0) is 18.3. The van der Waals surface area contributed by atoms with Gasteiger partial charge in [0.2, 0.25) is 0 Å². The summed E-state index contributed by atoms with van der Waals surface area (Å²) in [6, 6.07) is 6.67. The first-order valence-electron chi connectivity index (χ1n) is 8.67. The molecule has 134 valence electrons. The molecule has 4 rings (SSSR count). The molecule has 2 aliphatic rings. The topological polar surface area (TPSA) is 95.1 Å². The summed E-state index contributed by atoms with van der Waals surface area (Å²) in [6.45, 7) is 2.00. The van der Waals surface area contributed by atoms with Gasteiger partial charge in [-0.1, -0.05) is 30.8 Å². The van der Waals surface area contributed by atoms with E-state index in [2.05, 4.69) is 15.3 Å². The fraction of sp³-hybridized carbons (Fsp3) is 0.316. The molecule has 1 aliphatic heterocycles. The summed E-state index contributed by atoms with van der Waals surface area (Å²) in [7, 11) is 0. The van der Waals surface area contributed by atoms with Gasteiger partial charge in [-0.2, -0.15) is 0 Å². The molecule has 1 atom stereocenters. The van der Waals surface area contributed by atoms with Gasteiger partial charge in [0.15, 0.2) is 10.9 Å². The monoisotopic (exact) mass is 369 g/mol. The van der Waals surface area contributed by atoms with Crippen LogP contribution in [-0.4, -0.2) is 26.6 Å². The number of aromatic nitrogens is 2. The maximum atomic E-state index is 12.9. The van der Waals surface area contributed by atoms with Crippen LogP contribution < -0.4 is 10.9 Å². The van der Waals surface area contributed by atoms with Crippen molar-refractivity contribution in [1.29, 1.82) is 0 Å². The van der Waals surface area contributed by atoms with Crippen molar-refractivity contribution in [1.82, 2.24) is 9.97 Å². The van der Waals surface area contributed by atoms with Crippen LogP contribution in [0.25, 0.3) is 0 Å². The molecule has 1 aromatic heterocycles. The Morgan fingerprint density at radius 1 is 1.23 bits per heavy atom. The number of thioether (sulfide) groups is 1. The summed E-state index contributed by atoms with van der Waals surface area (Å²) in [5.41, 5.74) is 2.54. The lowest BCUT2D eigenvalue weighted by atomic mass is 9.76. The van der Waals surface area contributed by atoms with E-state index in [1.54, 1.807) is 24.3 Å². The summed E-state index contributed by atoms with van der Waals surface area (Å²) in [6.07, 6.45) is 2.04. The van der Waals surface area contributed by atoms with Crippen molar-refractivity contribution < 1.29 is 9.90 Å². The molecule has 0 saturated heterocycles. The fourth-order valence-corrected chi connectivity index (χ4v) is 4.24. The van der Waals surface area contributed by atoms with Crippen LogP contribution in [-0.2, 0) is 4.79 Å². The molecule has 0 radical (unpaired) electrons. The summed E-state index contributed by atoms with van der Waals surface area (Å²) >= 11 is 1.47. The molecule has 2 heterocycles. The highest BCUT2D eigenvalue weighted by molar-refractivity contribution is 7.99. The number of allylic oxidation sites excluding steroid dienone is 2. The Bertz CT molecular complexity index is 963. The van der Waals surface area contributed by atoms with E-state index in [-0.39, 0.29) is 17.1 Å². The van der Waals surface area contributed by atoms with Gasteiger partial charge >= 0.3 is 0 Å². The minimum Gasteiger partial charge on any atom is -0.508 e. The van der Waals surface area contributed by atoms with Gasteiger partial charge in [-0.15, -0.1) is 0 Å². The fourth-order valence-electron chi connectivity index (χ4n) is 3.65. The smallest absolute Gasteiger partial charge is 0.257 e. The van der Waals surface area contributed by atoms with Gasteiger partial charge in [-0.05, 0) is 36.3 Å². The molecule has 1 aliphatic carbocycles. The normalized spacial score (nSPS) is 19.0. The van der Waals surface area contributed by atoms with Crippen LogP contribution in [0.3, 0.4) is 0 Å². The molecular weight excluding hydrogens is 350 g/mol. The number of hydrogen-bond acceptors (Lipinski definition) is 6. The molecule has 3 N–H and O–H groups in total. The molecule has 0 fully saturated rings. The van der Waals surface area contributed by atoms with E-state index in [1.807, 2.05) is 6.92 Å². The molecular formula is C19H19N3O3S. The molecule has 0 bridgehead atoms. The number of hydrogen-bond donors (Lipinski definition) is 3. The van der Waals surface area contributed by atoms with Crippen molar-refractivity contribution in [2.45, 2.75) is 37.3 Å². The van der Waals surface area contributed by atoms with Crippen LogP contribution in [0.15, 0.2) is 45.5 Å². The van der Waals surface area contributed by atoms with Gasteiger partial charge in [-0.25, -0.2) is 4.98 Å². The molecule has 7 heteroatoms. The second-order valence-corrected chi connectivity index (χ2v) is 7.64. The van der Waals surface area contributed by atoms with Gasteiger partial charge < -0.3 is 15.4 Å². The van der Waals surface area contributed by atoms with Crippen LogP contribution in [0.5, 0.6) is 5.75 Å². The third kappa shape index (κ3) is 2.82. The van der Waals surface area contributed by atoms with E-state index in [4.69, 9.17) is 0 Å². The van der Waals surface area contributed by atoms with Crippen molar-refractivity contribution in [3.63, 3.8) is 0 Å². The Labute approximate surface area is 154 Å². The van der Waals surface area contributed by atoms with Gasteiger partial charge in [-0.3, -0.25) is 9.59 Å². The summed E-state index contributed by atoms with van der Waals surface area (Å²) in [5.74, 6) is 1.07. The minimum absolute atomic E-state index is 0.0638. The maximum Gasteiger partial charge on any atom is 0.257 e. The number of phenols is 1. The lowest BCUT2D eigenvalue weighted by Gasteiger charge is -2.32. The number of fused-ring (bicyclic) bond motifs is 1. The summed E-state index contributed by atoms with van der Waals surface area (Å²) in [5, 5.41) is 13.4. The van der Waals surface area contributed by atoms with Gasteiger partial charge in [0.1, 0.15) is 11.6 Å². The molecule has 2 aromatic rings. The van der Waals surface area contributed by atoms with Gasteiger partial charge in [0.25, 0.3) is 5.56 Å². The first-order valence-corrected chi connectivity index (χ1v) is 9.66. The van der Waals surface area contributed by atoms with Crippen LogP contribution in [0.4, 0.5) is 5.82 Å². The van der Waals surface area contributed by atoms with E-state index in [9.17, 15) is 14.7 Å². The first-order chi connectivity index (χ1) is 12.6. The number of phenolic OH excluding ortho intramolecular Hbond substituents is 1. The number of aromatic amines is 1. The average Bonchev–Trinajstić information content (AvgIpc) is 2.61. The molecule has 26 heavy (non-hydrogen) atoms. The molecule has 0 saturated carbocycles. The quantitative estimate of drug-likeness (QED) is 0.568. The number of aromatic hydroxyl groups is 1. The zero-order valence-electron chi connectivity index (χ0n) is 14.3. The highest BCUT2D eigenvalue weighted by Crippen LogP contribution is 2.43. The third-order valence-corrected chi connectivity index (χ3v) is 5.50. The standard InChI is InChI=1S/C19H19N3O3S/c1-2-26-19-21-17-16(18(25)22-19)14(10-6-8-11(23)9-7-10)15-12(20-17)4-3-5-13(15)24/h6-9,14,23H,2-5H2,1H3,(H2,20,21,22,25)/t14-/m1/s1. The predicted molar refractivity (Wildman–Crippen MR) is 101 cm³/mol. The molecule has 0 spiro atoms. The van der Waals surface area contributed by atoms with Gasteiger partial charge in [0.05, 0.1) is 5.56 Å². The number of nitrogens with one attached hydrogen (secondary N) is 2. The third-order valence-electron chi connectivity index (χ3n) is 4.74. The SMILES string of the molecule is CCSc1nc2c(c(=O)[nH]1)[C@H](c1ccc(O)cc1)C1=C(CCCC1=O)N2.